The molecule has 38 heavy (non-hydrogen) atoms. The molecule has 0 aromatic heterocycles. The molecule has 1 fully saturated rings. The quantitative estimate of drug-likeness (QED) is 0.294. The van der Waals surface area contributed by atoms with Crippen molar-refractivity contribution in [1.29, 1.82) is 0 Å². The minimum absolute atomic E-state index is 0.305. The van der Waals surface area contributed by atoms with E-state index in [0.29, 0.717) is 17.8 Å². The Morgan fingerprint density at radius 3 is 1.05 bits per heavy atom. The largest absolute Gasteiger partial charge is 0.497 e. The molecule has 1 saturated carbocycles. The highest BCUT2D eigenvalue weighted by molar-refractivity contribution is 5.46. The number of rotatable bonds is 9. The Morgan fingerprint density at radius 2 is 0.737 bits per heavy atom. The molecule has 2 unspecified atom stereocenters. The lowest BCUT2D eigenvalue weighted by Crippen LogP contribution is -2.16. The Balaban J connectivity index is 1.75. The lowest BCUT2D eigenvalue weighted by atomic mass is 9.73. The van der Waals surface area contributed by atoms with Crippen LogP contribution in [0.15, 0.2) is 54.6 Å². The first kappa shape index (κ1) is 27.5. The molecular formula is C32H40O6. The fourth-order valence-corrected chi connectivity index (χ4v) is 5.87. The van der Waals surface area contributed by atoms with Gasteiger partial charge in [-0.25, -0.2) is 0 Å². The molecule has 204 valence electrons. The molecule has 4 rings (SSSR count). The standard InChI is InChI=1S/C32H40O6/c1-33-24-11-14-27(30(18-24)36-4)21-7-9-22(28-15-12-25(34-2)19-31(28)37-5)17-23(10-8-21)29-16-13-26(35-3)20-32(29)38-6/h11-16,18-23H,7-10,17H2,1-6H3. The molecule has 2 atom stereocenters. The first-order chi connectivity index (χ1) is 18.5. The van der Waals surface area contributed by atoms with Gasteiger partial charge in [-0.2, -0.15) is 0 Å². The predicted molar refractivity (Wildman–Crippen MR) is 150 cm³/mol. The Bertz CT molecular complexity index is 1140. The highest BCUT2D eigenvalue weighted by Crippen LogP contribution is 2.48. The Morgan fingerprint density at radius 1 is 0.421 bits per heavy atom. The number of benzene rings is 3. The van der Waals surface area contributed by atoms with Crippen molar-refractivity contribution in [3.63, 3.8) is 0 Å². The van der Waals surface area contributed by atoms with E-state index >= 15 is 0 Å². The van der Waals surface area contributed by atoms with E-state index in [9.17, 15) is 0 Å². The van der Waals surface area contributed by atoms with Crippen molar-refractivity contribution in [2.24, 2.45) is 0 Å². The molecule has 0 saturated heterocycles. The summed E-state index contributed by atoms with van der Waals surface area (Å²) in [5.74, 6) is 5.98. The van der Waals surface area contributed by atoms with Gasteiger partial charge in [0.15, 0.2) is 0 Å². The summed E-state index contributed by atoms with van der Waals surface area (Å²) in [7, 11) is 10.2. The molecule has 0 N–H and O–H groups in total. The van der Waals surface area contributed by atoms with Crippen LogP contribution < -0.4 is 28.4 Å². The first-order valence-electron chi connectivity index (χ1n) is 13.2. The zero-order valence-electron chi connectivity index (χ0n) is 23.4. The fraction of sp³-hybridized carbons (Fsp3) is 0.438. The van der Waals surface area contributed by atoms with Gasteiger partial charge < -0.3 is 28.4 Å². The van der Waals surface area contributed by atoms with Crippen molar-refractivity contribution in [2.75, 3.05) is 42.7 Å². The van der Waals surface area contributed by atoms with Gasteiger partial charge >= 0.3 is 0 Å². The van der Waals surface area contributed by atoms with Crippen LogP contribution in [-0.2, 0) is 0 Å². The average Bonchev–Trinajstić information content (AvgIpc) is 2.96. The van der Waals surface area contributed by atoms with Gasteiger partial charge in [0.2, 0.25) is 0 Å². The van der Waals surface area contributed by atoms with E-state index in [2.05, 4.69) is 18.2 Å². The lowest BCUT2D eigenvalue weighted by molar-refractivity contribution is 0.343. The van der Waals surface area contributed by atoms with E-state index in [4.69, 9.17) is 28.4 Å². The minimum atomic E-state index is 0.305. The lowest BCUT2D eigenvalue weighted by Gasteiger charge is -2.32. The monoisotopic (exact) mass is 520 g/mol. The Hall–Kier alpha value is -3.54. The average molecular weight is 521 g/mol. The second-order valence-electron chi connectivity index (χ2n) is 9.80. The highest BCUT2D eigenvalue weighted by atomic mass is 16.5. The van der Waals surface area contributed by atoms with Crippen LogP contribution in [0.5, 0.6) is 34.5 Å². The zero-order valence-corrected chi connectivity index (χ0v) is 23.4. The fourth-order valence-electron chi connectivity index (χ4n) is 5.87. The van der Waals surface area contributed by atoms with Crippen LogP contribution in [0.2, 0.25) is 0 Å². The topological polar surface area (TPSA) is 55.4 Å². The van der Waals surface area contributed by atoms with Crippen LogP contribution in [0.3, 0.4) is 0 Å². The van der Waals surface area contributed by atoms with Crippen molar-refractivity contribution in [3.8, 4) is 34.5 Å². The molecule has 1 aliphatic rings. The van der Waals surface area contributed by atoms with Crippen LogP contribution in [0.4, 0.5) is 0 Å². The molecular weight excluding hydrogens is 480 g/mol. The molecule has 3 aromatic rings. The van der Waals surface area contributed by atoms with Gasteiger partial charge in [0.05, 0.1) is 42.7 Å². The van der Waals surface area contributed by atoms with Crippen LogP contribution in [0.25, 0.3) is 0 Å². The van der Waals surface area contributed by atoms with Crippen LogP contribution in [0, 0.1) is 0 Å². The van der Waals surface area contributed by atoms with Gasteiger partial charge in [-0.05, 0) is 84.7 Å². The van der Waals surface area contributed by atoms with E-state index in [-0.39, 0.29) is 0 Å². The summed E-state index contributed by atoms with van der Waals surface area (Å²) >= 11 is 0. The summed E-state index contributed by atoms with van der Waals surface area (Å²) in [6.45, 7) is 0. The Labute approximate surface area is 226 Å². The number of methoxy groups -OCH3 is 6. The number of hydrogen-bond acceptors (Lipinski definition) is 6. The second kappa shape index (κ2) is 12.8. The molecule has 0 spiro atoms. The van der Waals surface area contributed by atoms with Gasteiger partial charge in [0, 0.05) is 18.2 Å². The van der Waals surface area contributed by atoms with Gasteiger partial charge in [-0.15, -0.1) is 0 Å². The van der Waals surface area contributed by atoms with Gasteiger partial charge in [0.25, 0.3) is 0 Å². The minimum Gasteiger partial charge on any atom is -0.497 e. The van der Waals surface area contributed by atoms with Crippen LogP contribution in [-0.4, -0.2) is 42.7 Å². The molecule has 1 aliphatic carbocycles. The smallest absolute Gasteiger partial charge is 0.126 e. The molecule has 3 aromatic carbocycles. The SMILES string of the molecule is COc1ccc(C2CCC(c3ccc(OC)cc3OC)CC(c3ccc(OC)cc3OC)CC2)c(OC)c1. The molecule has 0 aliphatic heterocycles. The molecule has 0 heterocycles. The van der Waals surface area contributed by atoms with Crippen molar-refractivity contribution < 1.29 is 28.4 Å². The number of ether oxygens (including phenoxy) is 6. The second-order valence-corrected chi connectivity index (χ2v) is 9.80. The third-order valence-electron chi connectivity index (χ3n) is 7.94. The predicted octanol–water partition coefficient (Wildman–Crippen LogP) is 7.35. The first-order valence-corrected chi connectivity index (χ1v) is 13.2. The maximum Gasteiger partial charge on any atom is 0.126 e. The van der Waals surface area contributed by atoms with Crippen molar-refractivity contribution in [3.05, 3.63) is 71.3 Å². The normalized spacial score (nSPS) is 19.6. The van der Waals surface area contributed by atoms with Crippen LogP contribution in [0.1, 0.15) is 66.5 Å². The van der Waals surface area contributed by atoms with E-state index in [0.717, 1.165) is 66.6 Å². The van der Waals surface area contributed by atoms with Crippen molar-refractivity contribution in [1.82, 2.24) is 0 Å². The van der Waals surface area contributed by atoms with E-state index < -0.39 is 0 Å². The summed E-state index contributed by atoms with van der Waals surface area (Å²) in [6, 6.07) is 18.5. The molecule has 0 radical (unpaired) electrons. The summed E-state index contributed by atoms with van der Waals surface area (Å²) in [5.41, 5.74) is 3.66. The summed E-state index contributed by atoms with van der Waals surface area (Å²) in [5, 5.41) is 0. The molecule has 6 nitrogen and oxygen atoms in total. The molecule has 6 heteroatoms. The highest BCUT2D eigenvalue weighted by Gasteiger charge is 2.30. The van der Waals surface area contributed by atoms with E-state index in [1.165, 1.54) is 16.7 Å². The van der Waals surface area contributed by atoms with E-state index in [1.54, 1.807) is 42.7 Å². The zero-order chi connectivity index (χ0) is 27.1. The Kier molecular flexibility index (Phi) is 9.27. The summed E-state index contributed by atoms with van der Waals surface area (Å²) < 4.78 is 33.9. The molecule has 0 amide bonds. The van der Waals surface area contributed by atoms with Crippen molar-refractivity contribution in [2.45, 2.75) is 49.9 Å². The van der Waals surface area contributed by atoms with Crippen molar-refractivity contribution >= 4 is 0 Å². The number of hydrogen-bond donors (Lipinski definition) is 0. The van der Waals surface area contributed by atoms with Crippen LogP contribution >= 0.6 is 0 Å². The summed E-state index contributed by atoms with van der Waals surface area (Å²) in [4.78, 5) is 0. The van der Waals surface area contributed by atoms with E-state index in [1.807, 2.05) is 36.4 Å². The van der Waals surface area contributed by atoms with Gasteiger partial charge in [-0.1, -0.05) is 18.2 Å². The molecule has 0 bridgehead atoms. The third-order valence-corrected chi connectivity index (χ3v) is 7.94. The maximum atomic E-state index is 5.85. The van der Waals surface area contributed by atoms with Gasteiger partial charge in [-0.3, -0.25) is 0 Å². The third kappa shape index (κ3) is 5.95. The maximum absolute atomic E-state index is 5.85. The van der Waals surface area contributed by atoms with Gasteiger partial charge in [0.1, 0.15) is 34.5 Å². The summed E-state index contributed by atoms with van der Waals surface area (Å²) in [6.07, 6.45) is 5.15.